The van der Waals surface area contributed by atoms with Crippen molar-refractivity contribution >= 4 is 5.97 Å². The smallest absolute Gasteiger partial charge is 0.315 e. The quantitative estimate of drug-likeness (QED) is 0.0916. The van der Waals surface area contributed by atoms with E-state index in [-0.39, 0.29) is 51.6 Å². The largest absolute Gasteiger partial charge is 0.432 e. The SMILES string of the molecule is CC1(C)CC[C@@]2(C(=O)O[C@H]3O[C@@H](CO)[C@H](O)[C@@H](O)[C@@H]3O)CC[C@@]3(C)C(=CCC4[C@]5(C)CC[C@@H](O[C@H]6OC[C@@H](O)[C@@H](O[C@H]7O[C@@H](CO)[C@H](O)[C@@H](O)[C@@H]7O)[C@@H]6O)C(C)(C)C5CC[C@@]43C)C2C1. The zero-order valence-corrected chi connectivity index (χ0v) is 38.5. The van der Waals surface area contributed by atoms with Crippen molar-refractivity contribution in [3.05, 3.63) is 11.6 Å². The second-order valence-electron chi connectivity index (χ2n) is 23.0. The molecule has 8 rings (SSSR count). The third-order valence-electron chi connectivity index (χ3n) is 18.9. The van der Waals surface area contributed by atoms with Crippen molar-refractivity contribution in [3.8, 4) is 0 Å². The van der Waals surface area contributed by atoms with Gasteiger partial charge in [-0.2, -0.15) is 0 Å². The van der Waals surface area contributed by atoms with E-state index < -0.39 is 111 Å². The third kappa shape index (κ3) is 7.58. The van der Waals surface area contributed by atoms with E-state index in [0.717, 1.165) is 44.9 Å². The van der Waals surface area contributed by atoms with Crippen molar-refractivity contribution in [2.45, 2.75) is 205 Å². The summed E-state index contributed by atoms with van der Waals surface area (Å²) in [6.45, 7) is 14.7. The first-order valence-electron chi connectivity index (χ1n) is 23.7. The van der Waals surface area contributed by atoms with Crippen molar-refractivity contribution in [2.75, 3.05) is 19.8 Å². The molecule has 3 aliphatic heterocycles. The highest BCUT2D eigenvalue weighted by Gasteiger charge is 2.70. The van der Waals surface area contributed by atoms with Crippen LogP contribution in [-0.2, 0) is 33.2 Å². The molecule has 64 heavy (non-hydrogen) atoms. The molecular formula is C47H76O17. The number of fused-ring (bicyclic) bond motifs is 7. The van der Waals surface area contributed by atoms with Crippen molar-refractivity contribution in [2.24, 2.45) is 50.2 Å². The van der Waals surface area contributed by atoms with E-state index >= 15 is 0 Å². The summed E-state index contributed by atoms with van der Waals surface area (Å²) in [5.74, 6) is -0.0598. The summed E-state index contributed by atoms with van der Waals surface area (Å²) in [5, 5.41) is 105. The van der Waals surface area contributed by atoms with Crippen LogP contribution in [0.15, 0.2) is 11.6 Å². The zero-order valence-electron chi connectivity index (χ0n) is 38.5. The molecule has 3 saturated heterocycles. The fourth-order valence-electron chi connectivity index (χ4n) is 14.8. The van der Waals surface area contributed by atoms with Crippen LogP contribution in [0.2, 0.25) is 0 Å². The zero-order chi connectivity index (χ0) is 46.7. The highest BCUT2D eigenvalue weighted by molar-refractivity contribution is 5.79. The topological polar surface area (TPSA) is 275 Å². The van der Waals surface area contributed by atoms with Crippen LogP contribution in [-0.4, -0.2) is 169 Å². The lowest BCUT2D eigenvalue weighted by Gasteiger charge is -2.71. The highest BCUT2D eigenvalue weighted by Crippen LogP contribution is 2.76. The summed E-state index contributed by atoms with van der Waals surface area (Å²) in [5.41, 5.74) is -0.434. The van der Waals surface area contributed by atoms with Crippen molar-refractivity contribution in [1.29, 1.82) is 0 Å². The van der Waals surface area contributed by atoms with Gasteiger partial charge in [0.15, 0.2) is 12.6 Å². The first-order chi connectivity index (χ1) is 29.9. The molecule has 22 atom stereocenters. The Labute approximate surface area is 376 Å². The van der Waals surface area contributed by atoms with Crippen LogP contribution in [0.3, 0.4) is 0 Å². The van der Waals surface area contributed by atoms with Crippen LogP contribution in [0.4, 0.5) is 0 Å². The predicted octanol–water partition coefficient (Wildman–Crippen LogP) is 0.780. The van der Waals surface area contributed by atoms with Crippen molar-refractivity contribution in [3.63, 3.8) is 0 Å². The van der Waals surface area contributed by atoms with Gasteiger partial charge in [-0.15, -0.1) is 0 Å². The van der Waals surface area contributed by atoms with E-state index in [9.17, 15) is 55.9 Å². The second kappa shape index (κ2) is 17.2. The molecule has 0 spiro atoms. The number of carbonyl (C=O) groups excluding carboxylic acids is 1. The van der Waals surface area contributed by atoms with Gasteiger partial charge in [-0.1, -0.05) is 60.1 Å². The van der Waals surface area contributed by atoms with E-state index in [1.54, 1.807) is 0 Å². The van der Waals surface area contributed by atoms with Crippen molar-refractivity contribution in [1.82, 2.24) is 0 Å². The van der Waals surface area contributed by atoms with Gasteiger partial charge in [0.05, 0.1) is 31.3 Å². The summed E-state index contributed by atoms with van der Waals surface area (Å²) >= 11 is 0. The molecule has 5 aliphatic carbocycles. The van der Waals surface area contributed by atoms with Crippen LogP contribution < -0.4 is 0 Å². The van der Waals surface area contributed by atoms with Gasteiger partial charge in [0.2, 0.25) is 6.29 Å². The Balaban J connectivity index is 1.01. The molecule has 0 radical (unpaired) electrons. The Kier molecular flexibility index (Phi) is 13.2. The van der Waals surface area contributed by atoms with E-state index in [0.29, 0.717) is 25.2 Å². The van der Waals surface area contributed by atoms with Gasteiger partial charge in [-0.05, 0) is 109 Å². The maximum absolute atomic E-state index is 14.6. The van der Waals surface area contributed by atoms with E-state index in [1.165, 1.54) is 5.57 Å². The van der Waals surface area contributed by atoms with Gasteiger partial charge in [0.25, 0.3) is 0 Å². The minimum absolute atomic E-state index is 0.0414. The molecule has 0 bridgehead atoms. The highest BCUT2D eigenvalue weighted by atomic mass is 16.7. The normalized spacial score (nSPS) is 53.4. The number of rotatable bonds is 8. The van der Waals surface area contributed by atoms with Crippen LogP contribution in [0, 0.1) is 50.2 Å². The average molecular weight is 913 g/mol. The van der Waals surface area contributed by atoms with Crippen molar-refractivity contribution < 1.29 is 84.3 Å². The standard InChI is InChI=1S/C47H76O17/c1-42(2)14-16-47(41(58)64-40-35(56)33(54)31(52)26(20-49)61-40)17-15-45(6)22(23(47)18-42)8-9-28-44(5)12-11-29(43(3,4)27(44)10-13-46(28,45)7)62-38-36(57)37(24(50)21-59-38)63-39-34(55)32(53)30(51)25(19-48)60-39/h8,23-40,48-57H,9-21H2,1-7H3/t23?,24-,25+,26+,27?,28?,29-,30+,31+,32-,33-,34+,35+,36+,37-,38-,39-,40-,44-,45+,46+,47-/m1/s1. The van der Waals surface area contributed by atoms with Gasteiger partial charge in [-0.25, -0.2) is 0 Å². The lowest BCUT2D eigenvalue weighted by Crippen LogP contribution is -2.66. The molecule has 17 heteroatoms. The summed E-state index contributed by atoms with van der Waals surface area (Å²) in [7, 11) is 0. The predicted molar refractivity (Wildman–Crippen MR) is 224 cm³/mol. The number of allylic oxidation sites excluding steroid dienone is 2. The third-order valence-corrected chi connectivity index (χ3v) is 18.9. The Bertz CT molecular complexity index is 1740. The van der Waals surface area contributed by atoms with Gasteiger partial charge < -0.3 is 79.5 Å². The first-order valence-corrected chi connectivity index (χ1v) is 23.7. The summed E-state index contributed by atoms with van der Waals surface area (Å²) in [6, 6.07) is 0. The molecule has 10 N–H and O–H groups in total. The average Bonchev–Trinajstić information content (AvgIpc) is 3.24. The fourth-order valence-corrected chi connectivity index (χ4v) is 14.8. The molecular weight excluding hydrogens is 836 g/mol. The lowest BCUT2D eigenvalue weighted by atomic mass is 9.33. The Hall–Kier alpha value is -1.39. The number of ether oxygens (including phenoxy) is 6. The molecule has 366 valence electrons. The van der Waals surface area contributed by atoms with Crippen LogP contribution in [0.25, 0.3) is 0 Å². The van der Waals surface area contributed by atoms with Crippen LogP contribution in [0.1, 0.15) is 113 Å². The molecule has 0 aromatic rings. The monoisotopic (exact) mass is 913 g/mol. The molecule has 4 saturated carbocycles. The molecule has 17 nitrogen and oxygen atoms in total. The Morgan fingerprint density at radius 1 is 0.672 bits per heavy atom. The number of esters is 1. The van der Waals surface area contributed by atoms with Gasteiger partial charge in [-0.3, -0.25) is 4.79 Å². The fraction of sp³-hybridized carbons (Fsp3) is 0.936. The van der Waals surface area contributed by atoms with Gasteiger partial charge in [0, 0.05) is 0 Å². The van der Waals surface area contributed by atoms with E-state index in [4.69, 9.17) is 28.4 Å². The minimum Gasteiger partial charge on any atom is -0.432 e. The van der Waals surface area contributed by atoms with E-state index in [1.807, 2.05) is 0 Å². The summed E-state index contributed by atoms with van der Waals surface area (Å²) < 4.78 is 35.6. The number of hydrogen-bond acceptors (Lipinski definition) is 17. The second-order valence-corrected chi connectivity index (χ2v) is 23.0. The summed E-state index contributed by atoms with van der Waals surface area (Å²) in [6.07, 6.45) is -10.9. The summed E-state index contributed by atoms with van der Waals surface area (Å²) in [4.78, 5) is 14.6. The van der Waals surface area contributed by atoms with Gasteiger partial charge in [0.1, 0.15) is 67.1 Å². The maximum Gasteiger partial charge on any atom is 0.315 e. The number of hydrogen-bond donors (Lipinski definition) is 10. The molecule has 0 amide bonds. The molecule has 0 aromatic heterocycles. The van der Waals surface area contributed by atoms with Crippen LogP contribution in [0.5, 0.6) is 0 Å². The molecule has 7 fully saturated rings. The molecule has 0 aromatic carbocycles. The maximum atomic E-state index is 14.6. The molecule has 3 unspecified atom stereocenters. The Morgan fingerprint density at radius 3 is 1.92 bits per heavy atom. The Morgan fingerprint density at radius 2 is 1.28 bits per heavy atom. The number of aliphatic hydroxyl groups is 10. The van der Waals surface area contributed by atoms with Gasteiger partial charge >= 0.3 is 5.97 Å². The minimum atomic E-state index is -1.72. The molecule has 3 heterocycles. The molecule has 8 aliphatic rings. The number of aliphatic hydroxyl groups excluding tert-OH is 10. The van der Waals surface area contributed by atoms with E-state index in [2.05, 4.69) is 54.5 Å². The number of carbonyl (C=O) groups is 1. The lowest BCUT2D eigenvalue weighted by molar-refractivity contribution is -0.357. The van der Waals surface area contributed by atoms with Crippen LogP contribution >= 0.6 is 0 Å². The first kappa shape index (κ1) is 49.0.